The number of aromatic nitrogens is 2. The number of rotatable bonds is 8. The van der Waals surface area contributed by atoms with Gasteiger partial charge in [0.15, 0.2) is 0 Å². The number of ether oxygens (including phenoxy) is 1. The van der Waals surface area contributed by atoms with Gasteiger partial charge in [-0.2, -0.15) is 0 Å². The van der Waals surface area contributed by atoms with Crippen LogP contribution in [0, 0.1) is 0 Å². The van der Waals surface area contributed by atoms with Gasteiger partial charge in [-0.05, 0) is 29.8 Å². The molecular formula is C26H25N3O2. The van der Waals surface area contributed by atoms with E-state index in [1.54, 1.807) is 13.2 Å². The van der Waals surface area contributed by atoms with Crippen LogP contribution in [0.1, 0.15) is 17.0 Å². The fourth-order valence-corrected chi connectivity index (χ4v) is 3.59. The van der Waals surface area contributed by atoms with Crippen LogP contribution in [0.4, 0.5) is 0 Å². The van der Waals surface area contributed by atoms with Crippen LogP contribution in [0.2, 0.25) is 0 Å². The maximum absolute atomic E-state index is 12.2. The maximum Gasteiger partial charge on any atom is 0.244 e. The first-order valence-corrected chi connectivity index (χ1v) is 10.3. The Bertz CT molecular complexity index is 1200. The number of fused-ring (bicyclic) bond motifs is 1. The van der Waals surface area contributed by atoms with Crippen molar-refractivity contribution in [2.24, 2.45) is 0 Å². The summed E-state index contributed by atoms with van der Waals surface area (Å²) < 4.78 is 7.72. The summed E-state index contributed by atoms with van der Waals surface area (Å²) in [7, 11) is 1.68. The molecule has 156 valence electrons. The van der Waals surface area contributed by atoms with Crippen LogP contribution in [0.3, 0.4) is 0 Å². The number of para-hydroxylation sites is 3. The Balaban J connectivity index is 1.48. The van der Waals surface area contributed by atoms with Crippen molar-refractivity contribution in [3.8, 4) is 5.75 Å². The number of nitrogens with zero attached hydrogens (tertiary/aromatic N) is 2. The molecular weight excluding hydrogens is 386 g/mol. The van der Waals surface area contributed by atoms with Crippen molar-refractivity contribution in [2.45, 2.75) is 13.0 Å². The Morgan fingerprint density at radius 1 is 1.00 bits per heavy atom. The Morgan fingerprint density at radius 3 is 2.58 bits per heavy atom. The first-order chi connectivity index (χ1) is 15.2. The van der Waals surface area contributed by atoms with Gasteiger partial charge in [-0.25, -0.2) is 4.98 Å². The van der Waals surface area contributed by atoms with Gasteiger partial charge in [-0.1, -0.05) is 60.7 Å². The van der Waals surface area contributed by atoms with E-state index in [-0.39, 0.29) is 5.91 Å². The molecule has 1 heterocycles. The van der Waals surface area contributed by atoms with Gasteiger partial charge in [-0.15, -0.1) is 0 Å². The molecule has 1 amide bonds. The minimum absolute atomic E-state index is 0.115. The summed E-state index contributed by atoms with van der Waals surface area (Å²) in [5.41, 5.74) is 4.10. The van der Waals surface area contributed by atoms with Crippen molar-refractivity contribution in [3.63, 3.8) is 0 Å². The van der Waals surface area contributed by atoms with Crippen LogP contribution in [0.15, 0.2) is 84.9 Å². The van der Waals surface area contributed by atoms with Crippen LogP contribution in [-0.2, 0) is 17.8 Å². The van der Waals surface area contributed by atoms with Gasteiger partial charge >= 0.3 is 0 Å². The average Bonchev–Trinajstić information content (AvgIpc) is 3.16. The van der Waals surface area contributed by atoms with E-state index in [1.807, 2.05) is 72.8 Å². The quantitative estimate of drug-likeness (QED) is 0.436. The van der Waals surface area contributed by atoms with Crippen molar-refractivity contribution in [2.75, 3.05) is 13.7 Å². The van der Waals surface area contributed by atoms with Crippen LogP contribution in [-0.4, -0.2) is 29.1 Å². The number of hydrogen-bond donors (Lipinski definition) is 1. The fraction of sp³-hybridized carbons (Fsp3) is 0.154. The minimum atomic E-state index is -0.115. The van der Waals surface area contributed by atoms with Crippen molar-refractivity contribution < 1.29 is 9.53 Å². The molecule has 0 aliphatic rings. The number of carbonyl (C=O) groups excluding carboxylic acids is 1. The molecule has 0 aliphatic heterocycles. The van der Waals surface area contributed by atoms with E-state index in [0.29, 0.717) is 19.5 Å². The third-order valence-electron chi connectivity index (χ3n) is 5.13. The second-order valence-electron chi connectivity index (χ2n) is 7.20. The zero-order valence-corrected chi connectivity index (χ0v) is 17.5. The van der Waals surface area contributed by atoms with E-state index in [4.69, 9.17) is 9.72 Å². The van der Waals surface area contributed by atoms with E-state index in [1.165, 1.54) is 0 Å². The lowest BCUT2D eigenvalue weighted by molar-refractivity contribution is -0.116. The highest BCUT2D eigenvalue weighted by Gasteiger charge is 2.13. The fourth-order valence-electron chi connectivity index (χ4n) is 3.59. The molecule has 0 saturated carbocycles. The Labute approximate surface area is 182 Å². The highest BCUT2D eigenvalue weighted by molar-refractivity contribution is 5.91. The third kappa shape index (κ3) is 5.01. The Kier molecular flexibility index (Phi) is 6.43. The van der Waals surface area contributed by atoms with Gasteiger partial charge in [0, 0.05) is 24.6 Å². The molecule has 4 aromatic rings. The molecule has 0 bridgehead atoms. The highest BCUT2D eigenvalue weighted by Crippen LogP contribution is 2.23. The van der Waals surface area contributed by atoms with Crippen LogP contribution in [0.25, 0.3) is 17.1 Å². The second-order valence-corrected chi connectivity index (χ2v) is 7.20. The van der Waals surface area contributed by atoms with E-state index >= 15 is 0 Å². The normalized spacial score (nSPS) is 11.1. The lowest BCUT2D eigenvalue weighted by atomic mass is 10.2. The van der Waals surface area contributed by atoms with Gasteiger partial charge in [0.25, 0.3) is 0 Å². The van der Waals surface area contributed by atoms with Gasteiger partial charge < -0.3 is 14.6 Å². The van der Waals surface area contributed by atoms with Gasteiger partial charge in [-0.3, -0.25) is 4.79 Å². The molecule has 5 heteroatoms. The first-order valence-electron chi connectivity index (χ1n) is 10.3. The predicted molar refractivity (Wildman–Crippen MR) is 124 cm³/mol. The molecule has 1 aromatic heterocycles. The molecule has 0 aliphatic carbocycles. The standard InChI is InChI=1S/C26H25N3O2/c1-31-24-14-8-5-11-21(24)19-29-23-13-7-6-12-22(23)28-25(29)17-18-27-26(30)16-15-20-9-3-2-4-10-20/h2-16H,17-19H2,1H3,(H,27,30)/b16-15+. The number of benzene rings is 3. The summed E-state index contributed by atoms with van der Waals surface area (Å²) in [5, 5.41) is 2.96. The average molecular weight is 412 g/mol. The van der Waals surface area contributed by atoms with E-state index in [0.717, 1.165) is 33.7 Å². The van der Waals surface area contributed by atoms with Crippen LogP contribution < -0.4 is 10.1 Å². The molecule has 3 aromatic carbocycles. The van der Waals surface area contributed by atoms with Gasteiger partial charge in [0.05, 0.1) is 24.7 Å². The van der Waals surface area contributed by atoms with Crippen molar-refractivity contribution >= 4 is 23.0 Å². The van der Waals surface area contributed by atoms with E-state index in [2.05, 4.69) is 22.0 Å². The van der Waals surface area contributed by atoms with Crippen LogP contribution >= 0.6 is 0 Å². The smallest absolute Gasteiger partial charge is 0.244 e. The maximum atomic E-state index is 12.2. The molecule has 0 radical (unpaired) electrons. The topological polar surface area (TPSA) is 56.1 Å². The minimum Gasteiger partial charge on any atom is -0.496 e. The number of amides is 1. The molecule has 31 heavy (non-hydrogen) atoms. The summed E-state index contributed by atoms with van der Waals surface area (Å²) in [5.74, 6) is 1.67. The van der Waals surface area contributed by atoms with Crippen molar-refractivity contribution in [3.05, 3.63) is 102 Å². The lowest BCUT2D eigenvalue weighted by Crippen LogP contribution is -2.24. The Hall–Kier alpha value is -3.86. The molecule has 0 atom stereocenters. The van der Waals surface area contributed by atoms with Crippen LogP contribution in [0.5, 0.6) is 5.75 Å². The summed E-state index contributed by atoms with van der Waals surface area (Å²) in [6.45, 7) is 1.16. The highest BCUT2D eigenvalue weighted by atomic mass is 16.5. The number of imidazole rings is 1. The first kappa shape index (κ1) is 20.4. The summed E-state index contributed by atoms with van der Waals surface area (Å²) in [6, 6.07) is 25.9. The number of methoxy groups -OCH3 is 1. The van der Waals surface area contributed by atoms with Crippen molar-refractivity contribution in [1.29, 1.82) is 0 Å². The molecule has 0 saturated heterocycles. The summed E-state index contributed by atoms with van der Waals surface area (Å²) in [4.78, 5) is 17.0. The third-order valence-corrected chi connectivity index (χ3v) is 5.13. The predicted octanol–water partition coefficient (Wildman–Crippen LogP) is 4.47. The molecule has 0 unspecified atom stereocenters. The molecule has 1 N–H and O–H groups in total. The lowest BCUT2D eigenvalue weighted by Gasteiger charge is -2.12. The number of nitrogens with one attached hydrogen (secondary N) is 1. The number of carbonyl (C=O) groups is 1. The zero-order chi connectivity index (χ0) is 21.5. The van der Waals surface area contributed by atoms with Gasteiger partial charge in [0.1, 0.15) is 11.6 Å². The summed E-state index contributed by atoms with van der Waals surface area (Å²) in [6.07, 6.45) is 4.01. The Morgan fingerprint density at radius 2 is 1.74 bits per heavy atom. The SMILES string of the molecule is COc1ccccc1Cn1c(CCNC(=O)/C=C/c2ccccc2)nc2ccccc21. The largest absolute Gasteiger partial charge is 0.496 e. The molecule has 0 fully saturated rings. The zero-order valence-electron chi connectivity index (χ0n) is 17.5. The molecule has 5 nitrogen and oxygen atoms in total. The molecule has 4 rings (SSSR count). The summed E-state index contributed by atoms with van der Waals surface area (Å²) >= 11 is 0. The van der Waals surface area contributed by atoms with E-state index < -0.39 is 0 Å². The molecule has 0 spiro atoms. The monoisotopic (exact) mass is 411 g/mol. The van der Waals surface area contributed by atoms with Gasteiger partial charge in [0.2, 0.25) is 5.91 Å². The second kappa shape index (κ2) is 9.76. The number of hydrogen-bond acceptors (Lipinski definition) is 3. The van der Waals surface area contributed by atoms with Crippen molar-refractivity contribution in [1.82, 2.24) is 14.9 Å². The van der Waals surface area contributed by atoms with E-state index in [9.17, 15) is 4.79 Å².